The number of esters is 2. The molecule has 3 atom stereocenters. The van der Waals surface area contributed by atoms with E-state index in [1.807, 2.05) is 18.2 Å². The van der Waals surface area contributed by atoms with Crippen molar-refractivity contribution in [3.63, 3.8) is 0 Å². The van der Waals surface area contributed by atoms with Crippen molar-refractivity contribution in [1.82, 2.24) is 5.06 Å². The maximum absolute atomic E-state index is 12.3. The summed E-state index contributed by atoms with van der Waals surface area (Å²) in [5, 5.41) is 1.78. The molecule has 0 N–H and O–H groups in total. The smallest absolute Gasteiger partial charge is 0.333 e. The van der Waals surface area contributed by atoms with Crippen LogP contribution in [0.2, 0.25) is 0 Å². The van der Waals surface area contributed by atoms with Crippen LogP contribution in [-0.2, 0) is 29.3 Å². The fourth-order valence-corrected chi connectivity index (χ4v) is 3.60. The lowest BCUT2D eigenvalue weighted by molar-refractivity contribution is -0.144. The molecule has 0 unspecified atom stereocenters. The minimum absolute atomic E-state index is 0.130. The lowest BCUT2D eigenvalue weighted by Crippen LogP contribution is -2.30. The SMILES string of the molecule is COC(=O)/C=C1/ON2C[C@@](C)(c3ccccc3)C[C@@H]2[C@@H]1C(=O)OC. The van der Waals surface area contributed by atoms with Crippen molar-refractivity contribution < 1.29 is 23.9 Å². The lowest BCUT2D eigenvalue weighted by Gasteiger charge is -2.25. The molecule has 2 heterocycles. The van der Waals surface area contributed by atoms with Crippen LogP contribution in [0.4, 0.5) is 0 Å². The summed E-state index contributed by atoms with van der Waals surface area (Å²) in [4.78, 5) is 29.6. The number of carbonyl (C=O) groups excluding carboxylic acids is 2. The highest BCUT2D eigenvalue weighted by Gasteiger charge is 2.55. The van der Waals surface area contributed by atoms with E-state index in [9.17, 15) is 9.59 Å². The number of nitrogens with zero attached hydrogens (tertiary/aromatic N) is 1. The van der Waals surface area contributed by atoms with Crippen LogP contribution < -0.4 is 0 Å². The Morgan fingerprint density at radius 3 is 2.58 bits per heavy atom. The maximum Gasteiger partial charge on any atom is 0.333 e. The normalized spacial score (nSPS) is 30.7. The molecule has 24 heavy (non-hydrogen) atoms. The van der Waals surface area contributed by atoms with Crippen molar-refractivity contribution in [1.29, 1.82) is 0 Å². The Balaban J connectivity index is 1.89. The van der Waals surface area contributed by atoms with Gasteiger partial charge in [-0.3, -0.25) is 4.79 Å². The Kier molecular flexibility index (Phi) is 4.32. The van der Waals surface area contributed by atoms with Crippen LogP contribution in [0, 0.1) is 5.92 Å². The van der Waals surface area contributed by atoms with Gasteiger partial charge in [-0.25, -0.2) is 4.79 Å². The Labute approximate surface area is 140 Å². The molecule has 1 aromatic carbocycles. The summed E-state index contributed by atoms with van der Waals surface area (Å²) in [6.45, 7) is 2.79. The van der Waals surface area contributed by atoms with E-state index in [-0.39, 0.29) is 17.2 Å². The van der Waals surface area contributed by atoms with E-state index < -0.39 is 17.9 Å². The Bertz CT molecular complexity index is 671. The van der Waals surface area contributed by atoms with Gasteiger partial charge in [0.25, 0.3) is 0 Å². The van der Waals surface area contributed by atoms with Gasteiger partial charge in [0.05, 0.1) is 26.3 Å². The summed E-state index contributed by atoms with van der Waals surface area (Å²) in [6, 6.07) is 9.99. The summed E-state index contributed by atoms with van der Waals surface area (Å²) < 4.78 is 9.56. The van der Waals surface area contributed by atoms with Crippen LogP contribution in [0.1, 0.15) is 18.9 Å². The van der Waals surface area contributed by atoms with E-state index in [1.165, 1.54) is 25.9 Å². The predicted octanol–water partition coefficient (Wildman–Crippen LogP) is 1.81. The third-order valence-electron chi connectivity index (χ3n) is 4.84. The topological polar surface area (TPSA) is 65.1 Å². The zero-order valence-corrected chi connectivity index (χ0v) is 14.0. The van der Waals surface area contributed by atoms with Crippen molar-refractivity contribution in [3.8, 4) is 0 Å². The third kappa shape index (κ3) is 2.78. The number of rotatable bonds is 3. The molecule has 0 saturated carbocycles. The molecule has 0 aliphatic carbocycles. The quantitative estimate of drug-likeness (QED) is 0.622. The second-order valence-corrected chi connectivity index (χ2v) is 6.44. The highest BCUT2D eigenvalue weighted by atomic mass is 16.7. The van der Waals surface area contributed by atoms with Crippen molar-refractivity contribution in [3.05, 3.63) is 47.7 Å². The van der Waals surface area contributed by atoms with E-state index in [1.54, 1.807) is 5.06 Å². The molecule has 0 spiro atoms. The van der Waals surface area contributed by atoms with Crippen LogP contribution in [0.5, 0.6) is 0 Å². The third-order valence-corrected chi connectivity index (χ3v) is 4.84. The van der Waals surface area contributed by atoms with Crippen molar-refractivity contribution in [2.45, 2.75) is 24.8 Å². The Morgan fingerprint density at radius 2 is 1.96 bits per heavy atom. The number of ether oxygens (including phenoxy) is 2. The number of methoxy groups -OCH3 is 2. The first-order valence-electron chi connectivity index (χ1n) is 7.86. The molecule has 3 rings (SSSR count). The average Bonchev–Trinajstić information content (AvgIpc) is 3.08. The van der Waals surface area contributed by atoms with Crippen molar-refractivity contribution in [2.75, 3.05) is 20.8 Å². The monoisotopic (exact) mass is 331 g/mol. The first-order valence-corrected chi connectivity index (χ1v) is 7.86. The van der Waals surface area contributed by atoms with Crippen LogP contribution >= 0.6 is 0 Å². The average molecular weight is 331 g/mol. The minimum Gasteiger partial charge on any atom is -0.468 e. The Morgan fingerprint density at radius 1 is 1.25 bits per heavy atom. The summed E-state index contributed by atoms with van der Waals surface area (Å²) in [7, 11) is 2.63. The molecular formula is C18H21NO5. The Hall–Kier alpha value is -2.34. The van der Waals surface area contributed by atoms with Gasteiger partial charge in [-0.1, -0.05) is 37.3 Å². The predicted molar refractivity (Wildman–Crippen MR) is 85.6 cm³/mol. The standard InChI is InChI=1S/C18H21NO5/c1-18(12-7-5-4-6-8-12)10-13-16(17(21)23-3)14(9-15(20)22-2)24-19(13)11-18/h4-9,13,16H,10-11H2,1-3H3/b14-9+/t13-,16+,18+/m1/s1. The van der Waals surface area contributed by atoms with Gasteiger partial charge in [-0.15, -0.1) is 5.06 Å². The molecule has 0 aromatic heterocycles. The van der Waals surface area contributed by atoms with Gasteiger partial charge >= 0.3 is 11.9 Å². The first-order chi connectivity index (χ1) is 11.5. The van der Waals surface area contributed by atoms with Gasteiger partial charge in [0.1, 0.15) is 11.7 Å². The van der Waals surface area contributed by atoms with E-state index in [0.29, 0.717) is 6.54 Å². The second kappa shape index (κ2) is 6.28. The molecule has 0 bridgehead atoms. The maximum atomic E-state index is 12.3. The summed E-state index contributed by atoms with van der Waals surface area (Å²) >= 11 is 0. The number of hydrogen-bond donors (Lipinski definition) is 0. The zero-order chi connectivity index (χ0) is 17.3. The molecule has 0 amide bonds. The van der Waals surface area contributed by atoms with Gasteiger partial charge in [0.2, 0.25) is 0 Å². The van der Waals surface area contributed by atoms with Gasteiger partial charge in [-0.2, -0.15) is 0 Å². The molecule has 1 aromatic rings. The molecular weight excluding hydrogens is 310 g/mol. The fraction of sp³-hybridized carbons (Fsp3) is 0.444. The van der Waals surface area contributed by atoms with Gasteiger partial charge in [-0.05, 0) is 12.0 Å². The number of fused-ring (bicyclic) bond motifs is 1. The molecule has 6 nitrogen and oxygen atoms in total. The minimum atomic E-state index is -0.625. The summed E-state index contributed by atoms with van der Waals surface area (Å²) in [6.07, 6.45) is 1.95. The van der Waals surface area contributed by atoms with E-state index in [2.05, 4.69) is 23.8 Å². The highest BCUT2D eigenvalue weighted by Crippen LogP contribution is 2.46. The van der Waals surface area contributed by atoms with Crippen LogP contribution in [0.15, 0.2) is 42.2 Å². The molecule has 2 fully saturated rings. The van der Waals surface area contributed by atoms with Crippen LogP contribution in [0.3, 0.4) is 0 Å². The van der Waals surface area contributed by atoms with E-state index >= 15 is 0 Å². The first kappa shape index (κ1) is 16.5. The number of benzene rings is 1. The van der Waals surface area contributed by atoms with Crippen LogP contribution in [0.25, 0.3) is 0 Å². The van der Waals surface area contributed by atoms with Gasteiger partial charge in [0.15, 0.2) is 0 Å². The molecule has 2 aliphatic heterocycles. The lowest BCUT2D eigenvalue weighted by atomic mass is 9.78. The molecule has 6 heteroatoms. The molecule has 128 valence electrons. The summed E-state index contributed by atoms with van der Waals surface area (Å²) in [5.74, 6) is -1.30. The van der Waals surface area contributed by atoms with Crippen molar-refractivity contribution in [2.24, 2.45) is 5.92 Å². The second-order valence-electron chi connectivity index (χ2n) is 6.44. The largest absolute Gasteiger partial charge is 0.468 e. The molecule has 2 saturated heterocycles. The summed E-state index contributed by atoms with van der Waals surface area (Å²) in [5.41, 5.74) is 1.07. The number of hydroxylamine groups is 2. The zero-order valence-electron chi connectivity index (χ0n) is 14.0. The number of hydrogen-bond acceptors (Lipinski definition) is 6. The fourth-order valence-electron chi connectivity index (χ4n) is 3.60. The highest BCUT2D eigenvalue weighted by molar-refractivity contribution is 5.85. The van der Waals surface area contributed by atoms with Gasteiger partial charge in [0, 0.05) is 12.0 Å². The van der Waals surface area contributed by atoms with E-state index in [4.69, 9.17) is 9.57 Å². The molecule has 0 radical (unpaired) electrons. The number of carbonyl (C=O) groups is 2. The van der Waals surface area contributed by atoms with Gasteiger partial charge < -0.3 is 14.3 Å². The van der Waals surface area contributed by atoms with Crippen LogP contribution in [-0.4, -0.2) is 43.8 Å². The molecule has 2 aliphatic rings. The van der Waals surface area contributed by atoms with E-state index in [0.717, 1.165) is 6.42 Å². The van der Waals surface area contributed by atoms with Crippen molar-refractivity contribution >= 4 is 11.9 Å².